The second-order valence-corrected chi connectivity index (χ2v) is 6.38. The molecule has 0 amide bonds. The quantitative estimate of drug-likeness (QED) is 0.700. The Morgan fingerprint density at radius 2 is 1.92 bits per heavy atom. The first-order valence-electron chi connectivity index (χ1n) is 8.45. The van der Waals surface area contributed by atoms with Crippen LogP contribution in [0.4, 0.5) is 11.8 Å². The number of nitrogens with one attached hydrogen (secondary N) is 1. The molecule has 0 aliphatic rings. The van der Waals surface area contributed by atoms with Gasteiger partial charge in [-0.1, -0.05) is 6.07 Å². The number of ether oxygens (including phenoxy) is 2. The van der Waals surface area contributed by atoms with E-state index in [1.807, 2.05) is 46.0 Å². The third kappa shape index (κ3) is 3.49. The molecule has 0 bridgehead atoms. The Bertz CT molecular complexity index is 921. The van der Waals surface area contributed by atoms with Crippen LogP contribution in [0.3, 0.4) is 0 Å². The van der Waals surface area contributed by atoms with Gasteiger partial charge < -0.3 is 20.5 Å². The van der Waals surface area contributed by atoms with E-state index in [4.69, 9.17) is 15.2 Å². The molecule has 8 heteroatoms. The van der Waals surface area contributed by atoms with E-state index < -0.39 is 0 Å². The molecule has 138 valence electrons. The summed E-state index contributed by atoms with van der Waals surface area (Å²) >= 11 is 0. The molecule has 3 N–H and O–H groups in total. The smallest absolute Gasteiger partial charge is 0.227 e. The van der Waals surface area contributed by atoms with Crippen molar-refractivity contribution in [3.63, 3.8) is 0 Å². The van der Waals surface area contributed by atoms with E-state index in [-0.39, 0.29) is 12.1 Å². The summed E-state index contributed by atoms with van der Waals surface area (Å²) in [5.41, 5.74) is 7.72. The van der Waals surface area contributed by atoms with Crippen molar-refractivity contribution in [2.75, 3.05) is 18.2 Å². The number of nitrogens with zero attached hydrogens (tertiary/aromatic N) is 4. The van der Waals surface area contributed by atoms with Gasteiger partial charge in [0.1, 0.15) is 5.82 Å². The summed E-state index contributed by atoms with van der Waals surface area (Å²) in [5, 5.41) is 8.19. The zero-order valence-electron chi connectivity index (χ0n) is 15.6. The maximum atomic E-state index is 6.02. The number of aromatic nitrogens is 4. The van der Waals surface area contributed by atoms with Crippen LogP contribution >= 0.6 is 0 Å². The zero-order chi connectivity index (χ0) is 18.8. The first-order valence-corrected chi connectivity index (χ1v) is 8.45. The van der Waals surface area contributed by atoms with Gasteiger partial charge in [-0.15, -0.1) is 0 Å². The van der Waals surface area contributed by atoms with Crippen molar-refractivity contribution >= 4 is 22.8 Å². The minimum atomic E-state index is -0.0536. The van der Waals surface area contributed by atoms with Crippen molar-refractivity contribution < 1.29 is 9.47 Å². The summed E-state index contributed by atoms with van der Waals surface area (Å²) in [5.74, 6) is 2.26. The van der Waals surface area contributed by atoms with Crippen molar-refractivity contribution in [2.45, 2.75) is 32.9 Å². The summed E-state index contributed by atoms with van der Waals surface area (Å²) in [4.78, 5) is 8.83. The fourth-order valence-electron chi connectivity index (χ4n) is 2.69. The Balaban J connectivity index is 1.85. The maximum Gasteiger partial charge on any atom is 0.227 e. The van der Waals surface area contributed by atoms with Gasteiger partial charge in [0.25, 0.3) is 0 Å². The summed E-state index contributed by atoms with van der Waals surface area (Å²) in [6.07, 6.45) is 1.74. The van der Waals surface area contributed by atoms with Crippen LogP contribution in [0.1, 0.15) is 32.4 Å². The van der Waals surface area contributed by atoms with Crippen LogP contribution in [0.5, 0.6) is 11.5 Å². The first-order chi connectivity index (χ1) is 12.4. The number of aryl methyl sites for hydroxylation is 1. The molecule has 0 aliphatic heterocycles. The second kappa shape index (κ2) is 7.07. The molecule has 1 aromatic carbocycles. The third-order valence-electron chi connectivity index (χ3n) is 4.02. The molecule has 8 nitrogen and oxygen atoms in total. The Morgan fingerprint density at radius 1 is 1.15 bits per heavy atom. The minimum absolute atomic E-state index is 0.0536. The van der Waals surface area contributed by atoms with Gasteiger partial charge in [0, 0.05) is 7.05 Å². The molecule has 1 atom stereocenters. The predicted molar refractivity (Wildman–Crippen MR) is 102 cm³/mol. The van der Waals surface area contributed by atoms with Gasteiger partial charge in [0.2, 0.25) is 5.95 Å². The number of fused-ring (bicyclic) bond motifs is 1. The molecule has 2 heterocycles. The molecule has 2 aromatic heterocycles. The molecule has 0 spiro atoms. The largest absolute Gasteiger partial charge is 0.493 e. The average molecular weight is 356 g/mol. The van der Waals surface area contributed by atoms with E-state index in [1.54, 1.807) is 18.0 Å². The number of nitrogen functional groups attached to an aromatic ring is 1. The molecule has 0 saturated carbocycles. The van der Waals surface area contributed by atoms with Gasteiger partial charge in [-0.3, -0.25) is 4.68 Å². The van der Waals surface area contributed by atoms with Gasteiger partial charge in [0.15, 0.2) is 17.1 Å². The number of benzene rings is 1. The van der Waals surface area contributed by atoms with E-state index in [1.165, 1.54) is 0 Å². The lowest BCUT2D eigenvalue weighted by atomic mass is 10.1. The highest BCUT2D eigenvalue weighted by Gasteiger charge is 2.14. The standard InChI is InChI=1S/C18H24N6O2/c1-10(2)26-14-7-6-12(8-15(14)25-5)11(3)21-18-22-16(19)13-9-20-24(4)17(13)23-18/h6-11H,1-5H3,(H3,19,21,22,23). The van der Waals surface area contributed by atoms with Crippen molar-refractivity contribution in [1.82, 2.24) is 19.7 Å². The number of anilines is 2. The van der Waals surface area contributed by atoms with Gasteiger partial charge in [-0.2, -0.15) is 15.1 Å². The monoisotopic (exact) mass is 356 g/mol. The van der Waals surface area contributed by atoms with Crippen molar-refractivity contribution in [2.24, 2.45) is 7.05 Å². The number of rotatable bonds is 6. The molecule has 3 rings (SSSR count). The zero-order valence-corrected chi connectivity index (χ0v) is 15.6. The highest BCUT2D eigenvalue weighted by atomic mass is 16.5. The highest BCUT2D eigenvalue weighted by Crippen LogP contribution is 2.32. The summed E-state index contributed by atoms with van der Waals surface area (Å²) in [7, 11) is 3.45. The lowest BCUT2D eigenvalue weighted by Crippen LogP contribution is -2.12. The third-order valence-corrected chi connectivity index (χ3v) is 4.02. The lowest BCUT2D eigenvalue weighted by molar-refractivity contribution is 0.230. The first kappa shape index (κ1) is 17.8. The topological polar surface area (TPSA) is 100 Å². The Kier molecular flexibility index (Phi) is 4.83. The number of nitrogens with two attached hydrogens (primary N) is 1. The Hall–Kier alpha value is -3.03. The molecule has 26 heavy (non-hydrogen) atoms. The van der Waals surface area contributed by atoms with Crippen molar-refractivity contribution in [1.29, 1.82) is 0 Å². The summed E-state index contributed by atoms with van der Waals surface area (Å²) in [6.45, 7) is 5.98. The number of hydrogen-bond acceptors (Lipinski definition) is 7. The van der Waals surface area contributed by atoms with Gasteiger partial charge >= 0.3 is 0 Å². The second-order valence-electron chi connectivity index (χ2n) is 6.38. The fraction of sp³-hybridized carbons (Fsp3) is 0.389. The average Bonchev–Trinajstić information content (AvgIpc) is 2.96. The number of methoxy groups -OCH3 is 1. The molecular formula is C18H24N6O2. The van der Waals surface area contributed by atoms with Crippen LogP contribution in [-0.2, 0) is 7.05 Å². The van der Waals surface area contributed by atoms with Crippen LogP contribution in [-0.4, -0.2) is 33.0 Å². The molecule has 3 aromatic rings. The predicted octanol–water partition coefficient (Wildman–Crippen LogP) is 2.91. The van der Waals surface area contributed by atoms with Crippen LogP contribution in [0.25, 0.3) is 11.0 Å². The van der Waals surface area contributed by atoms with Crippen molar-refractivity contribution in [3.8, 4) is 11.5 Å². The maximum absolute atomic E-state index is 6.02. The normalized spacial score (nSPS) is 12.4. The lowest BCUT2D eigenvalue weighted by Gasteiger charge is -2.18. The van der Waals surface area contributed by atoms with Crippen LogP contribution in [0.2, 0.25) is 0 Å². The SMILES string of the molecule is COc1cc(C(C)Nc2nc(N)c3cnn(C)c3n2)ccc1OC(C)C. The van der Waals surface area contributed by atoms with E-state index in [9.17, 15) is 0 Å². The van der Waals surface area contributed by atoms with Crippen LogP contribution < -0.4 is 20.5 Å². The van der Waals surface area contributed by atoms with Gasteiger partial charge in [-0.05, 0) is 38.5 Å². The summed E-state index contributed by atoms with van der Waals surface area (Å²) < 4.78 is 12.9. The van der Waals surface area contributed by atoms with Gasteiger partial charge in [0.05, 0.1) is 30.8 Å². The van der Waals surface area contributed by atoms with E-state index >= 15 is 0 Å². The van der Waals surface area contributed by atoms with E-state index in [0.717, 1.165) is 16.7 Å². The molecule has 0 radical (unpaired) electrons. The molecular weight excluding hydrogens is 332 g/mol. The van der Waals surface area contributed by atoms with Crippen LogP contribution in [0.15, 0.2) is 24.4 Å². The van der Waals surface area contributed by atoms with E-state index in [0.29, 0.717) is 23.2 Å². The van der Waals surface area contributed by atoms with Gasteiger partial charge in [-0.25, -0.2) is 0 Å². The number of hydrogen-bond donors (Lipinski definition) is 2. The molecule has 1 unspecified atom stereocenters. The van der Waals surface area contributed by atoms with E-state index in [2.05, 4.69) is 20.4 Å². The van der Waals surface area contributed by atoms with Crippen LogP contribution in [0, 0.1) is 0 Å². The minimum Gasteiger partial charge on any atom is -0.493 e. The van der Waals surface area contributed by atoms with Crippen molar-refractivity contribution in [3.05, 3.63) is 30.0 Å². The molecule has 0 fully saturated rings. The fourth-order valence-corrected chi connectivity index (χ4v) is 2.69. The Labute approximate surface area is 152 Å². The molecule has 0 aliphatic carbocycles. The summed E-state index contributed by atoms with van der Waals surface area (Å²) in [6, 6.07) is 5.79. The Morgan fingerprint density at radius 3 is 2.62 bits per heavy atom. The molecule has 0 saturated heterocycles. The highest BCUT2D eigenvalue weighted by molar-refractivity contribution is 5.86.